The second-order valence-electron chi connectivity index (χ2n) is 7.66. The molecule has 3 rings (SSSR count). The van der Waals surface area contributed by atoms with Gasteiger partial charge in [-0.25, -0.2) is 12.8 Å². The number of hydrogen-bond acceptors (Lipinski definition) is 5. The number of ether oxygens (including phenoxy) is 1. The van der Waals surface area contributed by atoms with Gasteiger partial charge in [0.1, 0.15) is 5.82 Å². The summed E-state index contributed by atoms with van der Waals surface area (Å²) in [6, 6.07) is 6.10. The minimum absolute atomic E-state index is 0.0504. The summed E-state index contributed by atoms with van der Waals surface area (Å²) in [5.41, 5.74) is 0.740. The monoisotopic (exact) mass is 412 g/mol. The van der Waals surface area contributed by atoms with Gasteiger partial charge in [0, 0.05) is 32.3 Å². The zero-order valence-corrected chi connectivity index (χ0v) is 17.2. The second kappa shape index (κ2) is 9.33. The lowest BCUT2D eigenvalue weighted by Gasteiger charge is -2.32. The number of rotatable bonds is 8. The Morgan fingerprint density at radius 2 is 2.14 bits per heavy atom. The molecule has 2 fully saturated rings. The molecule has 0 N–H and O–H groups in total. The molecular weight excluding hydrogens is 383 g/mol. The topological polar surface area (TPSA) is 66.9 Å². The molecule has 2 aliphatic heterocycles. The van der Waals surface area contributed by atoms with Crippen molar-refractivity contribution in [2.75, 3.05) is 37.7 Å². The van der Waals surface area contributed by atoms with E-state index in [4.69, 9.17) is 4.74 Å². The van der Waals surface area contributed by atoms with Crippen molar-refractivity contribution >= 4 is 15.7 Å². The molecule has 1 aromatic carbocycles. The van der Waals surface area contributed by atoms with E-state index in [1.807, 2.05) is 11.8 Å². The fourth-order valence-electron chi connectivity index (χ4n) is 3.96. The fraction of sp³-hybridized carbons (Fsp3) is 0.650. The molecule has 1 aromatic rings. The summed E-state index contributed by atoms with van der Waals surface area (Å²) in [7, 11) is -3.04. The molecule has 8 heteroatoms. The maximum Gasteiger partial charge on any atom is 0.237 e. The Kier molecular flexibility index (Phi) is 7.06. The molecule has 0 spiro atoms. The van der Waals surface area contributed by atoms with Crippen molar-refractivity contribution < 1.29 is 22.3 Å². The number of amides is 1. The zero-order valence-electron chi connectivity index (χ0n) is 16.3. The van der Waals surface area contributed by atoms with Crippen LogP contribution < -0.4 is 0 Å². The van der Waals surface area contributed by atoms with Gasteiger partial charge in [-0.05, 0) is 43.9 Å². The molecule has 1 amide bonds. The first kappa shape index (κ1) is 21.2. The van der Waals surface area contributed by atoms with Crippen LogP contribution in [0.25, 0.3) is 0 Å². The van der Waals surface area contributed by atoms with Crippen LogP contribution in [0.4, 0.5) is 4.39 Å². The van der Waals surface area contributed by atoms with Crippen LogP contribution in [0.2, 0.25) is 0 Å². The summed E-state index contributed by atoms with van der Waals surface area (Å²) in [5, 5.41) is 0. The Bertz CT molecular complexity index is 780. The Morgan fingerprint density at radius 1 is 1.32 bits per heavy atom. The number of benzene rings is 1. The van der Waals surface area contributed by atoms with Crippen molar-refractivity contribution in [3.05, 3.63) is 35.6 Å². The molecule has 156 valence electrons. The molecule has 28 heavy (non-hydrogen) atoms. The summed E-state index contributed by atoms with van der Waals surface area (Å²) in [6.45, 7) is 4.18. The number of halogens is 1. The lowest BCUT2D eigenvalue weighted by Crippen LogP contribution is -2.47. The Hall–Kier alpha value is -1.51. The van der Waals surface area contributed by atoms with Crippen LogP contribution in [0.15, 0.2) is 24.3 Å². The predicted molar refractivity (Wildman–Crippen MR) is 105 cm³/mol. The predicted octanol–water partition coefficient (Wildman–Crippen LogP) is 1.84. The molecule has 0 aromatic heterocycles. The van der Waals surface area contributed by atoms with E-state index in [1.54, 1.807) is 17.0 Å². The molecule has 6 nitrogen and oxygen atoms in total. The fourth-order valence-corrected chi connectivity index (χ4v) is 5.72. The van der Waals surface area contributed by atoms with Crippen molar-refractivity contribution in [2.24, 2.45) is 0 Å². The van der Waals surface area contributed by atoms with Gasteiger partial charge >= 0.3 is 0 Å². The Balaban J connectivity index is 1.67. The average molecular weight is 413 g/mol. The number of sulfone groups is 1. The third kappa shape index (κ3) is 5.75. The summed E-state index contributed by atoms with van der Waals surface area (Å²) >= 11 is 0. The van der Waals surface area contributed by atoms with E-state index in [1.165, 1.54) is 12.1 Å². The molecule has 2 atom stereocenters. The minimum atomic E-state index is -3.04. The van der Waals surface area contributed by atoms with Gasteiger partial charge in [-0.3, -0.25) is 9.69 Å². The van der Waals surface area contributed by atoms with E-state index in [0.29, 0.717) is 26.1 Å². The third-order valence-corrected chi connectivity index (χ3v) is 7.27. The molecular formula is C20H29FN2O4S. The SMILES string of the molecule is CCN(Cc1cccc(F)c1)C(=O)CN(CC1CCCO1)C1CCS(=O)(=O)C1. The highest BCUT2D eigenvalue weighted by atomic mass is 32.2. The van der Waals surface area contributed by atoms with Gasteiger partial charge in [0.15, 0.2) is 9.84 Å². The summed E-state index contributed by atoms with van der Waals surface area (Å²) < 4.78 is 43.1. The van der Waals surface area contributed by atoms with E-state index in [-0.39, 0.29) is 41.9 Å². The van der Waals surface area contributed by atoms with Crippen LogP contribution in [0, 0.1) is 5.82 Å². The smallest absolute Gasteiger partial charge is 0.237 e. The summed E-state index contributed by atoms with van der Waals surface area (Å²) in [4.78, 5) is 16.6. The van der Waals surface area contributed by atoms with Gasteiger partial charge in [-0.2, -0.15) is 0 Å². The number of carbonyl (C=O) groups excluding carboxylic acids is 1. The normalized spacial score (nSPS) is 24.0. The first-order valence-corrected chi connectivity index (χ1v) is 11.8. The maximum absolute atomic E-state index is 13.5. The first-order valence-electron chi connectivity index (χ1n) is 9.94. The van der Waals surface area contributed by atoms with Crippen molar-refractivity contribution in [3.63, 3.8) is 0 Å². The minimum Gasteiger partial charge on any atom is -0.377 e. The lowest BCUT2D eigenvalue weighted by atomic mass is 10.1. The number of nitrogens with zero attached hydrogens (tertiary/aromatic N) is 2. The largest absolute Gasteiger partial charge is 0.377 e. The van der Waals surface area contributed by atoms with Gasteiger partial charge in [-0.1, -0.05) is 12.1 Å². The van der Waals surface area contributed by atoms with Crippen molar-refractivity contribution in [1.29, 1.82) is 0 Å². The van der Waals surface area contributed by atoms with Crippen molar-refractivity contribution in [2.45, 2.75) is 44.9 Å². The molecule has 0 saturated carbocycles. The molecule has 2 unspecified atom stereocenters. The standard InChI is InChI=1S/C20H29FN2O4S/c1-2-22(12-16-5-3-6-17(21)11-16)20(24)14-23(13-19-7-4-9-27-19)18-8-10-28(25,26)15-18/h3,5-6,11,18-19H,2,4,7-10,12-15H2,1H3. The Morgan fingerprint density at radius 3 is 2.75 bits per heavy atom. The highest BCUT2D eigenvalue weighted by Gasteiger charge is 2.35. The van der Waals surface area contributed by atoms with E-state index >= 15 is 0 Å². The van der Waals surface area contributed by atoms with Gasteiger partial charge in [0.2, 0.25) is 5.91 Å². The van der Waals surface area contributed by atoms with Crippen molar-refractivity contribution in [3.8, 4) is 0 Å². The zero-order chi connectivity index (χ0) is 20.1. The van der Waals surface area contributed by atoms with Crippen LogP contribution in [0.3, 0.4) is 0 Å². The van der Waals surface area contributed by atoms with Crippen LogP contribution in [-0.4, -0.2) is 74.0 Å². The van der Waals surface area contributed by atoms with E-state index in [9.17, 15) is 17.6 Å². The van der Waals surface area contributed by atoms with Crippen LogP contribution in [0.1, 0.15) is 31.7 Å². The second-order valence-corrected chi connectivity index (χ2v) is 9.89. The van der Waals surface area contributed by atoms with Gasteiger partial charge in [0.05, 0.1) is 24.2 Å². The average Bonchev–Trinajstić information content (AvgIpc) is 3.28. The molecule has 2 saturated heterocycles. The lowest BCUT2D eigenvalue weighted by molar-refractivity contribution is -0.133. The highest BCUT2D eigenvalue weighted by Crippen LogP contribution is 2.21. The third-order valence-electron chi connectivity index (χ3n) is 5.52. The number of hydrogen-bond donors (Lipinski definition) is 0. The quantitative estimate of drug-likeness (QED) is 0.652. The van der Waals surface area contributed by atoms with E-state index < -0.39 is 9.84 Å². The molecule has 0 bridgehead atoms. The number of likely N-dealkylation sites (N-methyl/N-ethyl adjacent to an activating group) is 1. The molecule has 0 radical (unpaired) electrons. The van der Waals surface area contributed by atoms with Gasteiger partial charge < -0.3 is 9.64 Å². The molecule has 0 aliphatic carbocycles. The van der Waals surface area contributed by atoms with Crippen LogP contribution >= 0.6 is 0 Å². The molecule has 2 aliphatic rings. The van der Waals surface area contributed by atoms with Gasteiger partial charge in [0.25, 0.3) is 0 Å². The Labute approximate surface area is 166 Å². The highest BCUT2D eigenvalue weighted by molar-refractivity contribution is 7.91. The van der Waals surface area contributed by atoms with Crippen molar-refractivity contribution in [1.82, 2.24) is 9.80 Å². The summed E-state index contributed by atoms with van der Waals surface area (Å²) in [6.07, 6.45) is 2.54. The first-order chi connectivity index (χ1) is 13.4. The number of carbonyl (C=O) groups is 1. The maximum atomic E-state index is 13.5. The van der Waals surface area contributed by atoms with E-state index in [2.05, 4.69) is 0 Å². The van der Waals surface area contributed by atoms with E-state index in [0.717, 1.165) is 25.0 Å². The van der Waals surface area contributed by atoms with Crippen LogP contribution in [0.5, 0.6) is 0 Å². The molecule has 2 heterocycles. The van der Waals surface area contributed by atoms with Gasteiger partial charge in [-0.15, -0.1) is 0 Å². The van der Waals surface area contributed by atoms with Crippen LogP contribution in [-0.2, 0) is 25.9 Å². The summed E-state index contributed by atoms with van der Waals surface area (Å²) in [5.74, 6) is -0.122.